The summed E-state index contributed by atoms with van der Waals surface area (Å²) in [6.45, 7) is 4.16. The van der Waals surface area contributed by atoms with E-state index >= 15 is 0 Å². The Kier molecular flexibility index (Phi) is 3.60. The lowest BCUT2D eigenvalue weighted by Gasteiger charge is -2.15. The lowest BCUT2D eigenvalue weighted by Crippen LogP contribution is -2.15. The second-order valence-electron chi connectivity index (χ2n) is 7.00. The van der Waals surface area contributed by atoms with E-state index in [0.717, 1.165) is 47.1 Å². The SMILES string of the molecule is Cc1cc(C)c2[nH]c3nc(N/N=C4\CCCc5cccnc54)nnc3c2c1. The summed E-state index contributed by atoms with van der Waals surface area (Å²) in [7, 11) is 0. The van der Waals surface area contributed by atoms with Crippen molar-refractivity contribution in [3.8, 4) is 0 Å². The lowest BCUT2D eigenvalue weighted by molar-refractivity contribution is 0.823. The van der Waals surface area contributed by atoms with Gasteiger partial charge in [-0.3, -0.25) is 4.98 Å². The maximum absolute atomic E-state index is 4.56. The van der Waals surface area contributed by atoms with Gasteiger partial charge in [-0.1, -0.05) is 17.7 Å². The van der Waals surface area contributed by atoms with E-state index < -0.39 is 0 Å². The van der Waals surface area contributed by atoms with Crippen LogP contribution >= 0.6 is 0 Å². The highest BCUT2D eigenvalue weighted by Crippen LogP contribution is 2.26. The number of nitrogens with one attached hydrogen (secondary N) is 2. The summed E-state index contributed by atoms with van der Waals surface area (Å²) in [6.07, 6.45) is 4.80. The third-order valence-corrected chi connectivity index (χ3v) is 4.98. The van der Waals surface area contributed by atoms with Gasteiger partial charge in [0, 0.05) is 11.6 Å². The van der Waals surface area contributed by atoms with Gasteiger partial charge in [-0.2, -0.15) is 10.1 Å². The Morgan fingerprint density at radius 2 is 2.07 bits per heavy atom. The predicted octanol–water partition coefficient (Wildman–Crippen LogP) is 3.67. The highest BCUT2D eigenvalue weighted by atomic mass is 15.4. The molecule has 27 heavy (non-hydrogen) atoms. The van der Waals surface area contributed by atoms with Crippen LogP contribution in [0.1, 0.15) is 35.2 Å². The monoisotopic (exact) mass is 357 g/mol. The summed E-state index contributed by atoms with van der Waals surface area (Å²) < 4.78 is 0. The molecule has 0 atom stereocenters. The molecular weight excluding hydrogens is 338 g/mol. The van der Waals surface area contributed by atoms with Crippen LogP contribution in [0.5, 0.6) is 0 Å². The molecule has 7 nitrogen and oxygen atoms in total. The molecule has 1 aliphatic rings. The number of hydrazone groups is 1. The summed E-state index contributed by atoms with van der Waals surface area (Å²) >= 11 is 0. The van der Waals surface area contributed by atoms with E-state index in [-0.39, 0.29) is 0 Å². The maximum atomic E-state index is 4.56. The molecule has 4 aromatic rings. The molecule has 1 aliphatic carbocycles. The van der Waals surface area contributed by atoms with Crippen molar-refractivity contribution < 1.29 is 0 Å². The van der Waals surface area contributed by atoms with Gasteiger partial charge in [0.05, 0.1) is 16.9 Å². The Hall–Kier alpha value is -3.35. The van der Waals surface area contributed by atoms with Gasteiger partial charge < -0.3 is 4.98 Å². The van der Waals surface area contributed by atoms with E-state index in [4.69, 9.17) is 0 Å². The molecule has 0 aliphatic heterocycles. The van der Waals surface area contributed by atoms with Crippen LogP contribution in [0.2, 0.25) is 0 Å². The topological polar surface area (TPSA) is 91.7 Å². The number of pyridine rings is 1. The van der Waals surface area contributed by atoms with E-state index in [1.54, 1.807) is 6.20 Å². The molecule has 2 N–H and O–H groups in total. The molecule has 3 aromatic heterocycles. The Morgan fingerprint density at radius 1 is 1.15 bits per heavy atom. The average molecular weight is 357 g/mol. The molecule has 0 unspecified atom stereocenters. The van der Waals surface area contributed by atoms with Crippen LogP contribution < -0.4 is 5.43 Å². The van der Waals surface area contributed by atoms with E-state index in [1.165, 1.54) is 16.7 Å². The van der Waals surface area contributed by atoms with Crippen molar-refractivity contribution >= 4 is 33.7 Å². The third-order valence-electron chi connectivity index (χ3n) is 4.98. The molecule has 134 valence electrons. The number of anilines is 1. The minimum absolute atomic E-state index is 0.374. The zero-order valence-electron chi connectivity index (χ0n) is 15.2. The first-order valence-corrected chi connectivity index (χ1v) is 9.09. The van der Waals surface area contributed by atoms with Gasteiger partial charge >= 0.3 is 0 Å². The molecule has 0 radical (unpaired) electrons. The smallest absolute Gasteiger partial charge is 0.265 e. The number of aromatic amines is 1. The number of nitrogens with zero attached hydrogens (tertiary/aromatic N) is 5. The Bertz CT molecular complexity index is 1210. The first-order chi connectivity index (χ1) is 13.2. The highest BCUT2D eigenvalue weighted by Gasteiger charge is 2.17. The fraction of sp³-hybridized carbons (Fsp3) is 0.250. The number of rotatable bonds is 2. The minimum atomic E-state index is 0.374. The Morgan fingerprint density at radius 3 is 3.00 bits per heavy atom. The largest absolute Gasteiger partial charge is 0.337 e. The van der Waals surface area contributed by atoms with Crippen LogP contribution in [0.4, 0.5) is 5.95 Å². The second-order valence-corrected chi connectivity index (χ2v) is 7.00. The van der Waals surface area contributed by atoms with Crippen LogP contribution in [-0.4, -0.2) is 30.9 Å². The maximum Gasteiger partial charge on any atom is 0.265 e. The molecule has 5 rings (SSSR count). The highest BCUT2D eigenvalue weighted by molar-refractivity contribution is 6.05. The zero-order valence-corrected chi connectivity index (χ0v) is 15.2. The lowest BCUT2D eigenvalue weighted by atomic mass is 9.95. The standard InChI is InChI=1S/C20H19N7/c1-11-9-12(2)16-14(10-11)18-19(22-16)23-20(27-25-18)26-24-15-7-3-5-13-6-4-8-21-17(13)15/h4,6,8-10H,3,5,7H2,1-2H3,(H2,22,23,26,27)/b24-15+. The number of H-pyrrole nitrogens is 1. The number of aryl methyl sites for hydroxylation is 3. The van der Waals surface area contributed by atoms with Crippen LogP contribution in [-0.2, 0) is 6.42 Å². The number of aromatic nitrogens is 5. The summed E-state index contributed by atoms with van der Waals surface area (Å²) in [5, 5.41) is 14.1. The van der Waals surface area contributed by atoms with Gasteiger partial charge in [0.25, 0.3) is 5.95 Å². The van der Waals surface area contributed by atoms with Crippen molar-refractivity contribution in [1.82, 2.24) is 25.1 Å². The van der Waals surface area contributed by atoms with Crippen molar-refractivity contribution in [3.05, 3.63) is 52.8 Å². The molecule has 3 heterocycles. The molecule has 1 aromatic carbocycles. The molecule has 0 spiro atoms. The Labute approximate surface area is 156 Å². The van der Waals surface area contributed by atoms with Crippen molar-refractivity contribution in [2.45, 2.75) is 33.1 Å². The van der Waals surface area contributed by atoms with Gasteiger partial charge in [0.2, 0.25) is 0 Å². The fourth-order valence-electron chi connectivity index (χ4n) is 3.77. The van der Waals surface area contributed by atoms with Gasteiger partial charge in [0.1, 0.15) is 5.52 Å². The first-order valence-electron chi connectivity index (χ1n) is 9.09. The molecule has 0 saturated carbocycles. The number of hydrogen-bond acceptors (Lipinski definition) is 6. The second kappa shape index (κ2) is 6.12. The molecule has 7 heteroatoms. The van der Waals surface area contributed by atoms with Crippen LogP contribution in [0.3, 0.4) is 0 Å². The fourth-order valence-corrected chi connectivity index (χ4v) is 3.77. The van der Waals surface area contributed by atoms with E-state index in [2.05, 4.69) is 67.7 Å². The quantitative estimate of drug-likeness (QED) is 0.534. The molecule has 0 fully saturated rings. The normalized spacial score (nSPS) is 15.4. The first kappa shape index (κ1) is 15.9. The van der Waals surface area contributed by atoms with Crippen molar-refractivity contribution in [3.63, 3.8) is 0 Å². The van der Waals surface area contributed by atoms with Gasteiger partial charge in [-0.05, 0) is 56.4 Å². The number of hydrogen-bond donors (Lipinski definition) is 2. The summed E-state index contributed by atoms with van der Waals surface area (Å²) in [5.41, 5.74) is 11.0. The molecule has 0 saturated heterocycles. The summed E-state index contributed by atoms with van der Waals surface area (Å²) in [5.74, 6) is 0.374. The van der Waals surface area contributed by atoms with E-state index in [0.29, 0.717) is 11.6 Å². The predicted molar refractivity (Wildman–Crippen MR) is 106 cm³/mol. The van der Waals surface area contributed by atoms with Gasteiger partial charge in [-0.25, -0.2) is 5.43 Å². The van der Waals surface area contributed by atoms with Gasteiger partial charge in [-0.15, -0.1) is 10.2 Å². The summed E-state index contributed by atoms with van der Waals surface area (Å²) in [4.78, 5) is 12.4. The van der Waals surface area contributed by atoms with E-state index in [9.17, 15) is 0 Å². The molecule has 0 bridgehead atoms. The molecule has 0 amide bonds. The van der Waals surface area contributed by atoms with Gasteiger partial charge in [0.15, 0.2) is 5.65 Å². The van der Waals surface area contributed by atoms with Crippen LogP contribution in [0.15, 0.2) is 35.6 Å². The third kappa shape index (κ3) is 2.71. The van der Waals surface area contributed by atoms with Crippen LogP contribution in [0, 0.1) is 13.8 Å². The number of benzene rings is 1. The zero-order chi connectivity index (χ0) is 18.4. The number of fused-ring (bicyclic) bond motifs is 4. The minimum Gasteiger partial charge on any atom is -0.337 e. The average Bonchev–Trinajstić information content (AvgIpc) is 3.04. The van der Waals surface area contributed by atoms with Crippen molar-refractivity contribution in [2.75, 3.05) is 5.43 Å². The Balaban J connectivity index is 1.52. The van der Waals surface area contributed by atoms with Crippen molar-refractivity contribution in [2.24, 2.45) is 5.10 Å². The van der Waals surface area contributed by atoms with Crippen molar-refractivity contribution in [1.29, 1.82) is 0 Å². The summed E-state index contributed by atoms with van der Waals surface area (Å²) in [6, 6.07) is 8.32. The van der Waals surface area contributed by atoms with E-state index in [1.807, 2.05) is 6.07 Å². The van der Waals surface area contributed by atoms with Crippen LogP contribution in [0.25, 0.3) is 22.1 Å². The molecular formula is C20H19N7.